The van der Waals surface area contributed by atoms with Crippen molar-refractivity contribution in [2.75, 3.05) is 11.9 Å². The van der Waals surface area contributed by atoms with Gasteiger partial charge in [-0.1, -0.05) is 6.07 Å². The number of alkyl halides is 3. The number of hydrogen-bond acceptors (Lipinski definition) is 6. The number of nitrogens with zero attached hydrogens (tertiary/aromatic N) is 3. The highest BCUT2D eigenvalue weighted by molar-refractivity contribution is 5.95. The van der Waals surface area contributed by atoms with E-state index in [1.165, 1.54) is 18.2 Å². The fraction of sp³-hybridized carbons (Fsp3) is 0.421. The molecule has 1 aliphatic rings. The summed E-state index contributed by atoms with van der Waals surface area (Å²) in [5.74, 6) is -0.755. The summed E-state index contributed by atoms with van der Waals surface area (Å²) in [4.78, 5) is 36.5. The molecule has 1 fully saturated rings. The summed E-state index contributed by atoms with van der Waals surface area (Å²) < 4.78 is 41.3. The normalized spacial score (nSPS) is 13.6. The number of nitrogens with one attached hydrogen (secondary N) is 2. The van der Waals surface area contributed by atoms with Gasteiger partial charge in [-0.2, -0.15) is 13.2 Å². The van der Waals surface area contributed by atoms with Crippen LogP contribution in [0.3, 0.4) is 0 Å². The van der Waals surface area contributed by atoms with E-state index in [0.717, 1.165) is 12.8 Å². The molecule has 2 N–H and O–H groups in total. The third-order valence-electron chi connectivity index (χ3n) is 4.26. The third kappa shape index (κ3) is 6.13. The molecule has 0 saturated heterocycles. The zero-order chi connectivity index (χ0) is 21.9. The molecule has 0 aliphatic heterocycles. The van der Waals surface area contributed by atoms with Crippen LogP contribution in [-0.4, -0.2) is 39.5 Å². The zero-order valence-electron chi connectivity index (χ0n) is 16.3. The Kier molecular flexibility index (Phi) is 6.18. The van der Waals surface area contributed by atoms with E-state index < -0.39 is 18.7 Å². The van der Waals surface area contributed by atoms with E-state index in [0.29, 0.717) is 17.0 Å². The summed E-state index contributed by atoms with van der Waals surface area (Å²) in [6, 6.07) is 4.32. The highest BCUT2D eigenvalue weighted by Gasteiger charge is 2.30. The molecule has 3 rings (SSSR count). The number of aromatic nitrogens is 3. The van der Waals surface area contributed by atoms with Gasteiger partial charge < -0.3 is 10.1 Å². The minimum absolute atomic E-state index is 0.0232. The number of carbonyl (C=O) groups excluding carboxylic acids is 2. The molecule has 0 radical (unpaired) electrons. The molecule has 1 aliphatic carbocycles. The van der Waals surface area contributed by atoms with Crippen molar-refractivity contribution in [1.29, 1.82) is 0 Å². The zero-order valence-corrected chi connectivity index (χ0v) is 16.3. The van der Waals surface area contributed by atoms with Crippen molar-refractivity contribution in [2.45, 2.75) is 39.4 Å². The Balaban J connectivity index is 1.61. The van der Waals surface area contributed by atoms with Gasteiger partial charge in [0, 0.05) is 29.9 Å². The molecular formula is C19H20F3N5O3. The standard InChI is InChI=1S/C19H20F3N5O3/c1-10-7-14(26-18(24-10)27-16(28)12-3-4-12)17(29)23-8-13-5-6-15(25-11(13)2)30-9-19(20,21)22/h5-7,12H,3-4,8-9H2,1-2H3,(H,23,29)(H,24,26,27,28). The van der Waals surface area contributed by atoms with Crippen molar-refractivity contribution in [3.63, 3.8) is 0 Å². The molecule has 2 aromatic rings. The SMILES string of the molecule is Cc1cc(C(=O)NCc2ccc(OCC(F)(F)F)nc2C)nc(NC(=O)C2CC2)n1. The number of hydrogen-bond donors (Lipinski definition) is 2. The maximum absolute atomic E-state index is 12.5. The molecule has 30 heavy (non-hydrogen) atoms. The van der Waals surface area contributed by atoms with Crippen molar-refractivity contribution in [3.8, 4) is 5.88 Å². The quantitative estimate of drug-likeness (QED) is 0.709. The average molecular weight is 423 g/mol. The monoisotopic (exact) mass is 423 g/mol. The van der Waals surface area contributed by atoms with Crippen LogP contribution in [-0.2, 0) is 11.3 Å². The molecule has 2 amide bonds. The van der Waals surface area contributed by atoms with Gasteiger partial charge in [0.25, 0.3) is 5.91 Å². The first kappa shape index (κ1) is 21.5. The number of ether oxygens (including phenoxy) is 1. The second-order valence-corrected chi connectivity index (χ2v) is 6.96. The van der Waals surface area contributed by atoms with Gasteiger partial charge in [-0.3, -0.25) is 14.9 Å². The number of halogens is 3. The van der Waals surface area contributed by atoms with Crippen LogP contribution in [0, 0.1) is 19.8 Å². The van der Waals surface area contributed by atoms with Gasteiger partial charge in [0.2, 0.25) is 17.7 Å². The van der Waals surface area contributed by atoms with Gasteiger partial charge in [-0.15, -0.1) is 0 Å². The van der Waals surface area contributed by atoms with Crippen molar-refractivity contribution in [2.24, 2.45) is 5.92 Å². The molecule has 0 spiro atoms. The van der Waals surface area contributed by atoms with Crippen LogP contribution in [0.5, 0.6) is 5.88 Å². The van der Waals surface area contributed by atoms with E-state index in [4.69, 9.17) is 0 Å². The Labute approximate surface area is 170 Å². The molecular weight excluding hydrogens is 403 g/mol. The lowest BCUT2D eigenvalue weighted by molar-refractivity contribution is -0.154. The molecule has 0 bridgehead atoms. The van der Waals surface area contributed by atoms with Gasteiger partial charge in [-0.05, 0) is 38.3 Å². The van der Waals surface area contributed by atoms with Gasteiger partial charge in [0.15, 0.2) is 6.61 Å². The van der Waals surface area contributed by atoms with Crippen LogP contribution in [0.1, 0.15) is 40.3 Å². The number of anilines is 1. The van der Waals surface area contributed by atoms with Gasteiger partial charge >= 0.3 is 6.18 Å². The van der Waals surface area contributed by atoms with E-state index in [9.17, 15) is 22.8 Å². The van der Waals surface area contributed by atoms with E-state index in [-0.39, 0.29) is 35.9 Å². The second-order valence-electron chi connectivity index (χ2n) is 6.96. The Hall–Kier alpha value is -3.24. The molecule has 160 valence electrons. The molecule has 11 heteroatoms. The van der Waals surface area contributed by atoms with E-state index in [2.05, 4.69) is 30.3 Å². The van der Waals surface area contributed by atoms with Crippen LogP contribution >= 0.6 is 0 Å². The average Bonchev–Trinajstić information content (AvgIpc) is 3.49. The number of rotatable bonds is 7. The summed E-state index contributed by atoms with van der Waals surface area (Å²) in [7, 11) is 0. The van der Waals surface area contributed by atoms with E-state index in [1.54, 1.807) is 13.8 Å². The Morgan fingerprint density at radius 1 is 1.17 bits per heavy atom. The van der Waals surface area contributed by atoms with Crippen LogP contribution in [0.25, 0.3) is 0 Å². The van der Waals surface area contributed by atoms with Crippen LogP contribution in [0.4, 0.5) is 19.1 Å². The van der Waals surface area contributed by atoms with Crippen LogP contribution < -0.4 is 15.4 Å². The van der Waals surface area contributed by atoms with Crippen LogP contribution in [0.15, 0.2) is 18.2 Å². The van der Waals surface area contributed by atoms with Crippen LogP contribution in [0.2, 0.25) is 0 Å². The third-order valence-corrected chi connectivity index (χ3v) is 4.26. The van der Waals surface area contributed by atoms with Crippen molar-refractivity contribution < 1.29 is 27.5 Å². The fourth-order valence-electron chi connectivity index (χ4n) is 2.55. The summed E-state index contributed by atoms with van der Waals surface area (Å²) in [5, 5.41) is 5.28. The Morgan fingerprint density at radius 3 is 2.53 bits per heavy atom. The second kappa shape index (κ2) is 8.64. The Bertz CT molecular complexity index is 961. The molecule has 2 aromatic heterocycles. The minimum Gasteiger partial charge on any atom is -0.468 e. The number of aryl methyl sites for hydroxylation is 2. The van der Waals surface area contributed by atoms with Crippen molar-refractivity contribution >= 4 is 17.8 Å². The molecule has 8 nitrogen and oxygen atoms in total. The highest BCUT2D eigenvalue weighted by atomic mass is 19.4. The first-order chi connectivity index (χ1) is 14.1. The summed E-state index contributed by atoms with van der Waals surface area (Å²) in [6.07, 6.45) is -2.79. The Morgan fingerprint density at radius 2 is 1.90 bits per heavy atom. The summed E-state index contributed by atoms with van der Waals surface area (Å²) in [5.41, 5.74) is 1.64. The topological polar surface area (TPSA) is 106 Å². The summed E-state index contributed by atoms with van der Waals surface area (Å²) in [6.45, 7) is 1.94. The minimum atomic E-state index is -4.45. The largest absolute Gasteiger partial charge is 0.468 e. The van der Waals surface area contributed by atoms with E-state index >= 15 is 0 Å². The number of amides is 2. The molecule has 0 aromatic carbocycles. The molecule has 1 saturated carbocycles. The van der Waals surface area contributed by atoms with Gasteiger partial charge in [0.05, 0.1) is 0 Å². The lowest BCUT2D eigenvalue weighted by Gasteiger charge is -2.12. The van der Waals surface area contributed by atoms with Crippen molar-refractivity contribution in [1.82, 2.24) is 20.3 Å². The number of carbonyl (C=O) groups is 2. The first-order valence-corrected chi connectivity index (χ1v) is 9.21. The van der Waals surface area contributed by atoms with Gasteiger partial charge in [-0.25, -0.2) is 15.0 Å². The summed E-state index contributed by atoms with van der Waals surface area (Å²) >= 11 is 0. The first-order valence-electron chi connectivity index (χ1n) is 9.21. The smallest absolute Gasteiger partial charge is 0.422 e. The maximum Gasteiger partial charge on any atom is 0.422 e. The molecule has 2 heterocycles. The lowest BCUT2D eigenvalue weighted by atomic mass is 10.2. The van der Waals surface area contributed by atoms with E-state index in [1.807, 2.05) is 0 Å². The maximum atomic E-state index is 12.5. The predicted octanol–water partition coefficient (Wildman–Crippen LogP) is 2.71. The molecule has 0 atom stereocenters. The molecule has 0 unspecified atom stereocenters. The van der Waals surface area contributed by atoms with Crippen molar-refractivity contribution in [3.05, 3.63) is 40.8 Å². The lowest BCUT2D eigenvalue weighted by Crippen LogP contribution is -2.26. The highest BCUT2D eigenvalue weighted by Crippen LogP contribution is 2.29. The predicted molar refractivity (Wildman–Crippen MR) is 99.8 cm³/mol. The fourth-order valence-corrected chi connectivity index (χ4v) is 2.55. The number of pyridine rings is 1. The van der Waals surface area contributed by atoms with Gasteiger partial charge in [0.1, 0.15) is 5.69 Å².